The molecule has 6 nitrogen and oxygen atoms in total. The minimum absolute atomic E-state index is 0.207. The molecule has 1 aliphatic heterocycles. The molecule has 0 fully saturated rings. The third-order valence-electron chi connectivity index (χ3n) is 3.81. The van der Waals surface area contributed by atoms with Crippen molar-refractivity contribution in [2.45, 2.75) is 4.90 Å². The molecule has 1 N–H and O–H groups in total. The van der Waals surface area contributed by atoms with Gasteiger partial charge in [-0.15, -0.1) is 0 Å². The second-order valence-electron chi connectivity index (χ2n) is 5.12. The van der Waals surface area contributed by atoms with Crippen LogP contribution in [0, 0.1) is 0 Å². The predicted octanol–water partition coefficient (Wildman–Crippen LogP) is 2.43. The summed E-state index contributed by atoms with van der Waals surface area (Å²) in [6.07, 6.45) is 0. The zero-order valence-electron chi connectivity index (χ0n) is 13.5. The van der Waals surface area contributed by atoms with Crippen LogP contribution in [0.4, 0.5) is 5.69 Å². The SMILES string of the molecule is COc1cc(C(=O)c2ccc3c(c2)S(=O)CN3)cc(OC)c1OC. The molecule has 126 valence electrons. The lowest BCUT2D eigenvalue weighted by atomic mass is 10.0. The highest BCUT2D eigenvalue weighted by atomic mass is 32.2. The summed E-state index contributed by atoms with van der Waals surface area (Å²) in [6.45, 7) is 0. The minimum Gasteiger partial charge on any atom is -0.493 e. The Balaban J connectivity index is 2.04. The van der Waals surface area contributed by atoms with Gasteiger partial charge < -0.3 is 19.5 Å². The zero-order chi connectivity index (χ0) is 17.3. The first kappa shape index (κ1) is 16.3. The van der Waals surface area contributed by atoms with Gasteiger partial charge in [-0.2, -0.15) is 0 Å². The average Bonchev–Trinajstić information content (AvgIpc) is 3.00. The summed E-state index contributed by atoms with van der Waals surface area (Å²) < 4.78 is 27.8. The molecular weight excluding hydrogens is 330 g/mol. The van der Waals surface area contributed by atoms with Gasteiger partial charge in [-0.25, -0.2) is 0 Å². The van der Waals surface area contributed by atoms with E-state index in [2.05, 4.69) is 5.32 Å². The second kappa shape index (κ2) is 6.52. The maximum Gasteiger partial charge on any atom is 0.203 e. The molecule has 24 heavy (non-hydrogen) atoms. The number of carbonyl (C=O) groups excluding carboxylic acids is 1. The van der Waals surface area contributed by atoms with Crippen LogP contribution in [0.3, 0.4) is 0 Å². The molecule has 3 rings (SSSR count). The van der Waals surface area contributed by atoms with Crippen LogP contribution in [0.25, 0.3) is 0 Å². The van der Waals surface area contributed by atoms with Crippen molar-refractivity contribution in [2.75, 3.05) is 32.5 Å². The first-order valence-electron chi connectivity index (χ1n) is 7.20. The van der Waals surface area contributed by atoms with Crippen LogP contribution < -0.4 is 19.5 Å². The summed E-state index contributed by atoms with van der Waals surface area (Å²) in [6, 6.07) is 8.35. The van der Waals surface area contributed by atoms with E-state index in [1.807, 2.05) is 0 Å². The first-order valence-corrected chi connectivity index (χ1v) is 8.52. The summed E-state index contributed by atoms with van der Waals surface area (Å²) in [4.78, 5) is 13.5. The van der Waals surface area contributed by atoms with E-state index in [0.29, 0.717) is 39.1 Å². The van der Waals surface area contributed by atoms with E-state index in [-0.39, 0.29) is 5.78 Å². The van der Waals surface area contributed by atoms with Crippen molar-refractivity contribution in [2.24, 2.45) is 0 Å². The topological polar surface area (TPSA) is 73.9 Å². The van der Waals surface area contributed by atoms with Gasteiger partial charge in [0, 0.05) is 11.1 Å². The molecule has 0 aliphatic carbocycles. The van der Waals surface area contributed by atoms with Crippen molar-refractivity contribution < 1.29 is 23.2 Å². The number of ketones is 1. The molecule has 2 aromatic carbocycles. The van der Waals surface area contributed by atoms with Gasteiger partial charge in [0.1, 0.15) is 0 Å². The molecule has 7 heteroatoms. The summed E-state index contributed by atoms with van der Waals surface area (Å²) in [5, 5.41) is 3.04. The Hall–Kier alpha value is -2.54. The summed E-state index contributed by atoms with van der Waals surface area (Å²) in [5.74, 6) is 1.41. The number of carbonyl (C=O) groups is 1. The third-order valence-corrected chi connectivity index (χ3v) is 5.04. The fraction of sp³-hybridized carbons (Fsp3) is 0.235. The van der Waals surface area contributed by atoms with Crippen LogP contribution in [0.15, 0.2) is 35.2 Å². The van der Waals surface area contributed by atoms with Gasteiger partial charge >= 0.3 is 0 Å². The maximum absolute atomic E-state index is 12.8. The van der Waals surface area contributed by atoms with E-state index in [0.717, 1.165) is 5.69 Å². The number of rotatable bonds is 5. The number of hydrogen-bond donors (Lipinski definition) is 1. The van der Waals surface area contributed by atoms with Crippen molar-refractivity contribution in [3.63, 3.8) is 0 Å². The number of ether oxygens (including phenoxy) is 3. The van der Waals surface area contributed by atoms with Crippen molar-refractivity contribution in [3.8, 4) is 17.2 Å². The quantitative estimate of drug-likeness (QED) is 0.838. The highest BCUT2D eigenvalue weighted by Crippen LogP contribution is 2.39. The van der Waals surface area contributed by atoms with Crippen molar-refractivity contribution in [1.29, 1.82) is 0 Å². The van der Waals surface area contributed by atoms with Gasteiger partial charge in [0.15, 0.2) is 17.3 Å². The minimum atomic E-state index is -1.13. The Morgan fingerprint density at radius 2 is 1.67 bits per heavy atom. The van der Waals surface area contributed by atoms with Crippen LogP contribution in [-0.2, 0) is 10.8 Å². The molecule has 0 saturated carbocycles. The monoisotopic (exact) mass is 347 g/mol. The summed E-state index contributed by atoms with van der Waals surface area (Å²) >= 11 is 0. The number of nitrogens with one attached hydrogen (secondary N) is 1. The van der Waals surface area contributed by atoms with Gasteiger partial charge in [0.2, 0.25) is 5.75 Å². The van der Waals surface area contributed by atoms with Crippen LogP contribution in [0.1, 0.15) is 15.9 Å². The fourth-order valence-corrected chi connectivity index (χ4v) is 3.68. The largest absolute Gasteiger partial charge is 0.493 e. The lowest BCUT2D eigenvalue weighted by Gasteiger charge is -2.14. The van der Waals surface area contributed by atoms with Gasteiger partial charge in [0.05, 0.1) is 48.6 Å². The van der Waals surface area contributed by atoms with E-state index in [1.165, 1.54) is 21.3 Å². The Morgan fingerprint density at radius 3 is 2.25 bits per heavy atom. The molecule has 1 heterocycles. The Kier molecular flexibility index (Phi) is 4.44. The zero-order valence-corrected chi connectivity index (χ0v) is 14.4. The summed E-state index contributed by atoms with van der Waals surface area (Å²) in [5.41, 5.74) is 1.66. The second-order valence-corrected chi connectivity index (χ2v) is 6.54. The molecule has 0 spiro atoms. The molecule has 0 bridgehead atoms. The molecular formula is C17H17NO5S. The number of hydrogen-bond acceptors (Lipinski definition) is 6. The molecule has 0 amide bonds. The standard InChI is InChI=1S/C17H17NO5S/c1-21-13-6-11(7-14(22-2)17(13)23-3)16(19)10-4-5-12-15(8-10)24(20)9-18-12/h4-8,18H,9H2,1-3H3. The number of fused-ring (bicyclic) bond motifs is 1. The van der Waals surface area contributed by atoms with Crippen LogP contribution in [-0.4, -0.2) is 37.2 Å². The number of benzene rings is 2. The van der Waals surface area contributed by atoms with Crippen molar-refractivity contribution in [3.05, 3.63) is 41.5 Å². The molecule has 1 unspecified atom stereocenters. The smallest absolute Gasteiger partial charge is 0.203 e. The van der Waals surface area contributed by atoms with Crippen molar-refractivity contribution in [1.82, 2.24) is 0 Å². The van der Waals surface area contributed by atoms with E-state index in [9.17, 15) is 9.00 Å². The van der Waals surface area contributed by atoms with E-state index in [1.54, 1.807) is 30.3 Å². The molecule has 0 radical (unpaired) electrons. The molecule has 1 aliphatic rings. The lowest BCUT2D eigenvalue weighted by Crippen LogP contribution is -2.04. The third kappa shape index (κ3) is 2.71. The first-order chi connectivity index (χ1) is 11.6. The van der Waals surface area contributed by atoms with Gasteiger partial charge in [-0.1, -0.05) is 0 Å². The Morgan fingerprint density at radius 1 is 1.00 bits per heavy atom. The molecule has 0 saturated heterocycles. The lowest BCUT2D eigenvalue weighted by molar-refractivity contribution is 0.103. The number of methoxy groups -OCH3 is 3. The predicted molar refractivity (Wildman–Crippen MR) is 90.9 cm³/mol. The van der Waals surface area contributed by atoms with Crippen LogP contribution in [0.5, 0.6) is 17.2 Å². The highest BCUT2D eigenvalue weighted by Gasteiger charge is 2.22. The maximum atomic E-state index is 12.8. The average molecular weight is 347 g/mol. The molecule has 0 aromatic heterocycles. The van der Waals surface area contributed by atoms with E-state index >= 15 is 0 Å². The van der Waals surface area contributed by atoms with Crippen LogP contribution >= 0.6 is 0 Å². The Bertz CT molecular complexity index is 809. The van der Waals surface area contributed by atoms with Gasteiger partial charge in [0.25, 0.3) is 0 Å². The normalized spacial score (nSPS) is 15.4. The summed E-state index contributed by atoms with van der Waals surface area (Å²) in [7, 11) is 3.37. The van der Waals surface area contributed by atoms with Crippen LogP contribution in [0.2, 0.25) is 0 Å². The van der Waals surface area contributed by atoms with Gasteiger partial charge in [-0.3, -0.25) is 9.00 Å². The highest BCUT2D eigenvalue weighted by molar-refractivity contribution is 7.85. The Labute approximate surface area is 142 Å². The molecule has 2 aromatic rings. The molecule has 1 atom stereocenters. The fourth-order valence-electron chi connectivity index (χ4n) is 2.60. The van der Waals surface area contributed by atoms with E-state index < -0.39 is 10.8 Å². The number of anilines is 1. The van der Waals surface area contributed by atoms with Gasteiger partial charge in [-0.05, 0) is 30.3 Å². The van der Waals surface area contributed by atoms with E-state index in [4.69, 9.17) is 14.2 Å². The van der Waals surface area contributed by atoms with Crippen molar-refractivity contribution >= 4 is 22.3 Å².